The molecule has 38 heavy (non-hydrogen) atoms. The molecule has 1 aromatic heterocycles. The number of nitrogen functional groups attached to an aromatic ring is 1. The van der Waals surface area contributed by atoms with Crippen LogP contribution in [0.5, 0.6) is 0 Å². The van der Waals surface area contributed by atoms with E-state index in [0.29, 0.717) is 18.4 Å². The number of anilines is 1. The van der Waals surface area contributed by atoms with Gasteiger partial charge in [-0.05, 0) is 55.2 Å². The number of nitrogens with one attached hydrogen (secondary N) is 1. The molecule has 1 aliphatic carbocycles. The second kappa shape index (κ2) is 9.30. The molecular weight excluding hydrogens is 499 g/mol. The number of carboxylic acids is 1. The van der Waals surface area contributed by atoms with E-state index < -0.39 is 35.1 Å². The minimum atomic E-state index is -1.69. The number of nitrogens with two attached hydrogens (primary N) is 1. The molecule has 1 fully saturated rings. The van der Waals surface area contributed by atoms with E-state index >= 15 is 4.39 Å². The van der Waals surface area contributed by atoms with E-state index in [0.717, 1.165) is 18.3 Å². The Kier molecular flexibility index (Phi) is 6.24. The molecule has 5 N–H and O–H groups in total. The lowest BCUT2D eigenvalue weighted by molar-refractivity contribution is -0.0806. The van der Waals surface area contributed by atoms with Crippen LogP contribution >= 0.6 is 0 Å². The van der Waals surface area contributed by atoms with Crippen molar-refractivity contribution in [3.05, 3.63) is 82.8 Å². The van der Waals surface area contributed by atoms with Crippen LogP contribution < -0.4 is 5.73 Å². The van der Waals surface area contributed by atoms with Crippen molar-refractivity contribution in [1.82, 2.24) is 4.57 Å². The number of hydrogen-bond acceptors (Lipinski definition) is 5. The molecule has 0 aliphatic heterocycles. The first kappa shape index (κ1) is 25.5. The van der Waals surface area contributed by atoms with Crippen molar-refractivity contribution in [2.75, 3.05) is 12.8 Å². The molecule has 0 saturated heterocycles. The lowest BCUT2D eigenvalue weighted by Gasteiger charge is -2.32. The number of fused-ring (bicyclic) bond motifs is 1. The minimum absolute atomic E-state index is 0.0000632. The maximum Gasteiger partial charge on any atom is 0.335 e. The van der Waals surface area contributed by atoms with Gasteiger partial charge in [0, 0.05) is 41.6 Å². The molecule has 196 valence electrons. The Hall–Kier alpha value is -4.15. The molecule has 5 rings (SSSR count). The van der Waals surface area contributed by atoms with Gasteiger partial charge < -0.3 is 30.7 Å². The molecule has 0 radical (unpaired) electrons. The zero-order valence-corrected chi connectivity index (χ0v) is 20.3. The third-order valence-electron chi connectivity index (χ3n) is 7.26. The summed E-state index contributed by atoms with van der Waals surface area (Å²) in [6.07, 6.45) is 1.45. The topological polar surface area (TPSA) is 122 Å². The molecule has 0 amide bonds. The molecule has 7 nitrogen and oxygen atoms in total. The molecule has 1 heterocycles. The maximum absolute atomic E-state index is 16.1. The number of nitrogens with zero attached hydrogens (tertiary/aromatic N) is 1. The molecule has 2 unspecified atom stereocenters. The maximum atomic E-state index is 16.1. The van der Waals surface area contributed by atoms with Crippen LogP contribution in [0.15, 0.2) is 48.5 Å². The molecule has 0 spiro atoms. The second-order valence-corrected chi connectivity index (χ2v) is 9.31. The van der Waals surface area contributed by atoms with Crippen molar-refractivity contribution in [3.8, 4) is 16.8 Å². The molecular formula is C28H24F3N3O4. The summed E-state index contributed by atoms with van der Waals surface area (Å²) in [6.45, 7) is 0. The number of rotatable bonds is 6. The number of aliphatic hydroxyl groups is 1. The quantitative estimate of drug-likeness (QED) is 0.200. The molecule has 1 aliphatic rings. The summed E-state index contributed by atoms with van der Waals surface area (Å²) in [5, 5.41) is 29.2. The highest BCUT2D eigenvalue weighted by Crippen LogP contribution is 2.50. The second-order valence-electron chi connectivity index (χ2n) is 9.31. The van der Waals surface area contributed by atoms with E-state index in [1.54, 1.807) is 0 Å². The number of carbonyl (C=O) groups is 1. The number of aromatic carboxylic acids is 1. The number of benzene rings is 3. The fraction of sp³-hybridized carbons (Fsp3) is 0.214. The van der Waals surface area contributed by atoms with E-state index in [1.165, 1.54) is 48.1 Å². The van der Waals surface area contributed by atoms with E-state index in [-0.39, 0.29) is 51.1 Å². The van der Waals surface area contributed by atoms with Crippen molar-refractivity contribution in [3.63, 3.8) is 0 Å². The van der Waals surface area contributed by atoms with E-state index in [9.17, 15) is 23.8 Å². The van der Waals surface area contributed by atoms with Crippen molar-refractivity contribution in [2.45, 2.75) is 31.0 Å². The number of carboxylic acid groups (broad SMARTS) is 1. The summed E-state index contributed by atoms with van der Waals surface area (Å²) < 4.78 is 51.5. The average molecular weight is 524 g/mol. The molecule has 10 heteroatoms. The van der Waals surface area contributed by atoms with Crippen molar-refractivity contribution < 1.29 is 32.9 Å². The lowest BCUT2D eigenvalue weighted by Crippen LogP contribution is -2.38. The van der Waals surface area contributed by atoms with Crippen LogP contribution in [0, 0.1) is 22.9 Å². The predicted octanol–water partition coefficient (Wildman–Crippen LogP) is 5.38. The number of ether oxygens (including phenoxy) is 1. The van der Waals surface area contributed by atoms with Crippen LogP contribution in [0.25, 0.3) is 27.7 Å². The Morgan fingerprint density at radius 1 is 1.16 bits per heavy atom. The fourth-order valence-corrected chi connectivity index (χ4v) is 5.46. The standard InChI is InChI=1S/C28H24F3N3O4/c1-38-21-3-2-10-28(21,37)26-22(14-4-6-15(7-5-14)27(35)36)23-20(11-16(13-32)25(33)24(23)31)34(26)17-8-9-18(29)19(30)12-17/h4-9,11-13,21,32,37H,2-3,10,33H2,1H3,(H,35,36). The van der Waals surface area contributed by atoms with Gasteiger partial charge in [-0.25, -0.2) is 18.0 Å². The number of hydrogen-bond donors (Lipinski definition) is 4. The monoisotopic (exact) mass is 523 g/mol. The first-order valence-electron chi connectivity index (χ1n) is 11.8. The van der Waals surface area contributed by atoms with E-state index in [1.807, 2.05) is 0 Å². The smallest absolute Gasteiger partial charge is 0.335 e. The summed E-state index contributed by atoms with van der Waals surface area (Å²) in [4.78, 5) is 11.5. The third kappa shape index (κ3) is 3.75. The predicted molar refractivity (Wildman–Crippen MR) is 136 cm³/mol. The highest BCUT2D eigenvalue weighted by molar-refractivity contribution is 6.05. The van der Waals surface area contributed by atoms with Crippen LogP contribution in [-0.4, -0.2) is 40.2 Å². The Morgan fingerprint density at radius 2 is 1.87 bits per heavy atom. The summed E-state index contributed by atoms with van der Waals surface area (Å²) in [7, 11) is 1.44. The zero-order chi connectivity index (χ0) is 27.4. The van der Waals surface area contributed by atoms with Crippen LogP contribution in [-0.2, 0) is 10.3 Å². The summed E-state index contributed by atoms with van der Waals surface area (Å²) >= 11 is 0. The van der Waals surface area contributed by atoms with Gasteiger partial charge in [0.2, 0.25) is 0 Å². The summed E-state index contributed by atoms with van der Waals surface area (Å²) in [5.41, 5.74) is 5.10. The highest BCUT2D eigenvalue weighted by Gasteiger charge is 2.48. The van der Waals surface area contributed by atoms with Gasteiger partial charge in [0.15, 0.2) is 17.5 Å². The van der Waals surface area contributed by atoms with Gasteiger partial charge in [-0.1, -0.05) is 12.1 Å². The van der Waals surface area contributed by atoms with Crippen LogP contribution in [0.2, 0.25) is 0 Å². The number of aromatic nitrogens is 1. The minimum Gasteiger partial charge on any atom is -0.478 e. The SMILES string of the molecule is COC1CCCC1(O)c1c(-c2ccc(C(=O)O)cc2)c2c(F)c(N)c(C=N)cc2n1-c1ccc(F)c(F)c1. The molecule has 3 aromatic carbocycles. The first-order valence-corrected chi connectivity index (χ1v) is 11.8. The van der Waals surface area contributed by atoms with Crippen molar-refractivity contribution in [1.29, 1.82) is 5.41 Å². The van der Waals surface area contributed by atoms with Gasteiger partial charge in [-0.2, -0.15) is 0 Å². The van der Waals surface area contributed by atoms with Crippen LogP contribution in [0.4, 0.5) is 18.9 Å². The Morgan fingerprint density at radius 3 is 2.47 bits per heavy atom. The van der Waals surface area contributed by atoms with Gasteiger partial charge in [0.1, 0.15) is 5.60 Å². The summed E-state index contributed by atoms with van der Waals surface area (Å²) in [5.74, 6) is -4.24. The lowest BCUT2D eigenvalue weighted by atomic mass is 9.88. The molecule has 1 saturated carbocycles. The Bertz CT molecular complexity index is 1600. The van der Waals surface area contributed by atoms with Gasteiger partial charge in [0.05, 0.1) is 28.6 Å². The number of methoxy groups -OCH3 is 1. The van der Waals surface area contributed by atoms with Crippen molar-refractivity contribution in [2.24, 2.45) is 0 Å². The van der Waals surface area contributed by atoms with Crippen LogP contribution in [0.1, 0.15) is 40.9 Å². The van der Waals surface area contributed by atoms with Gasteiger partial charge in [-0.3, -0.25) is 0 Å². The van der Waals surface area contributed by atoms with Gasteiger partial charge >= 0.3 is 5.97 Å². The van der Waals surface area contributed by atoms with Crippen LogP contribution in [0.3, 0.4) is 0 Å². The zero-order valence-electron chi connectivity index (χ0n) is 20.3. The molecule has 4 aromatic rings. The summed E-state index contributed by atoms with van der Waals surface area (Å²) in [6, 6.07) is 10.3. The number of halogens is 3. The normalized spacial score (nSPS) is 19.2. The largest absolute Gasteiger partial charge is 0.478 e. The van der Waals surface area contributed by atoms with Gasteiger partial charge in [-0.15, -0.1) is 0 Å². The Labute approximate surface area is 215 Å². The Balaban J connectivity index is 2.00. The molecule has 2 atom stereocenters. The van der Waals surface area contributed by atoms with E-state index in [2.05, 4.69) is 0 Å². The highest BCUT2D eigenvalue weighted by atomic mass is 19.2. The average Bonchev–Trinajstić information content (AvgIpc) is 3.46. The third-order valence-corrected chi connectivity index (χ3v) is 7.26. The van der Waals surface area contributed by atoms with Crippen molar-refractivity contribution >= 4 is 28.8 Å². The fourth-order valence-electron chi connectivity index (χ4n) is 5.46. The molecule has 0 bridgehead atoms. The first-order chi connectivity index (χ1) is 18.1. The van der Waals surface area contributed by atoms with Gasteiger partial charge in [0.25, 0.3) is 0 Å². The van der Waals surface area contributed by atoms with E-state index in [4.69, 9.17) is 15.9 Å².